The molecule has 0 aliphatic rings. The minimum atomic E-state index is -0.402. The molecule has 0 aromatic heterocycles. The Morgan fingerprint density at radius 2 is 2.25 bits per heavy atom. The Morgan fingerprint density at radius 3 is 2.67 bits per heavy atom. The van der Waals surface area contributed by atoms with Gasteiger partial charge < -0.3 is 4.84 Å². The van der Waals surface area contributed by atoms with Gasteiger partial charge in [-0.2, -0.15) is 0 Å². The van der Waals surface area contributed by atoms with Crippen LogP contribution in [0.3, 0.4) is 0 Å². The largest absolute Gasteiger partial charge is 0.365 e. The van der Waals surface area contributed by atoms with Gasteiger partial charge in [0.1, 0.15) is 0 Å². The lowest BCUT2D eigenvalue weighted by Crippen LogP contribution is -2.24. The van der Waals surface area contributed by atoms with E-state index in [0.717, 1.165) is 19.0 Å². The second-order valence-corrected chi connectivity index (χ2v) is 3.15. The van der Waals surface area contributed by atoms with Crippen molar-refractivity contribution in [1.82, 2.24) is 5.06 Å². The monoisotopic (exact) mass is 171 g/mol. The van der Waals surface area contributed by atoms with Crippen LogP contribution in [0.5, 0.6) is 0 Å². The molecule has 0 aliphatic carbocycles. The van der Waals surface area contributed by atoms with Crippen LogP contribution in [0.15, 0.2) is 12.7 Å². The quantitative estimate of drug-likeness (QED) is 0.465. The molecule has 0 aromatic carbocycles. The highest BCUT2D eigenvalue weighted by Crippen LogP contribution is 2.00. The fourth-order valence-corrected chi connectivity index (χ4v) is 0.677. The van der Waals surface area contributed by atoms with Crippen LogP contribution in [0.25, 0.3) is 0 Å². The third-order valence-electron chi connectivity index (χ3n) is 1.43. The molecule has 0 amide bonds. The fraction of sp³-hybridized carbons (Fsp3) is 0.667. The average molecular weight is 171 g/mol. The second kappa shape index (κ2) is 5.77. The van der Waals surface area contributed by atoms with Crippen LogP contribution in [0.1, 0.15) is 20.3 Å². The molecule has 0 radical (unpaired) electrons. The number of hydrogen-bond donors (Lipinski definition) is 0. The standard InChI is InChI=1S/C9H17NO2/c1-5-9(11)12-10(4)7-6-8(2)3/h5,8H,1,6-7H2,2-4H3. The number of carbonyl (C=O) groups is 1. The van der Waals surface area contributed by atoms with Crippen molar-refractivity contribution >= 4 is 5.97 Å². The Bertz CT molecular complexity index is 155. The van der Waals surface area contributed by atoms with Crippen molar-refractivity contribution < 1.29 is 9.63 Å². The van der Waals surface area contributed by atoms with Gasteiger partial charge in [-0.1, -0.05) is 20.4 Å². The molecule has 0 aromatic rings. The predicted octanol–water partition coefficient (Wildman–Crippen LogP) is 1.61. The summed E-state index contributed by atoms with van der Waals surface area (Å²) in [4.78, 5) is 15.5. The first-order chi connectivity index (χ1) is 5.56. The molecule has 0 saturated carbocycles. The maximum Gasteiger partial charge on any atom is 0.349 e. The number of carbonyl (C=O) groups excluding carboxylic acids is 1. The van der Waals surface area contributed by atoms with Crippen LogP contribution >= 0.6 is 0 Å². The van der Waals surface area contributed by atoms with Gasteiger partial charge in [0.15, 0.2) is 0 Å². The molecule has 70 valence electrons. The molecule has 0 N–H and O–H groups in total. The Labute approximate surface area is 74.0 Å². The second-order valence-electron chi connectivity index (χ2n) is 3.15. The Hall–Kier alpha value is -0.830. The predicted molar refractivity (Wildman–Crippen MR) is 48.4 cm³/mol. The lowest BCUT2D eigenvalue weighted by Gasteiger charge is -2.15. The summed E-state index contributed by atoms with van der Waals surface area (Å²) in [5.41, 5.74) is 0. The van der Waals surface area contributed by atoms with E-state index in [-0.39, 0.29) is 0 Å². The highest BCUT2D eigenvalue weighted by molar-refractivity contribution is 5.80. The van der Waals surface area contributed by atoms with Gasteiger partial charge in [0.05, 0.1) is 0 Å². The van der Waals surface area contributed by atoms with Gasteiger partial charge >= 0.3 is 5.97 Å². The molecule has 3 heteroatoms. The Kier molecular flexibility index (Phi) is 5.37. The van der Waals surface area contributed by atoms with Gasteiger partial charge in [0, 0.05) is 19.7 Å². The zero-order valence-electron chi connectivity index (χ0n) is 8.04. The van der Waals surface area contributed by atoms with E-state index in [9.17, 15) is 4.79 Å². The summed E-state index contributed by atoms with van der Waals surface area (Å²) in [5, 5.41) is 1.53. The maximum atomic E-state index is 10.7. The van der Waals surface area contributed by atoms with Crippen molar-refractivity contribution in [3.8, 4) is 0 Å². The number of rotatable bonds is 5. The van der Waals surface area contributed by atoms with Crippen LogP contribution in [0.4, 0.5) is 0 Å². The van der Waals surface area contributed by atoms with Gasteiger partial charge in [-0.3, -0.25) is 0 Å². The minimum absolute atomic E-state index is 0.402. The van der Waals surface area contributed by atoms with E-state index >= 15 is 0 Å². The normalized spacial score (nSPS) is 10.4. The summed E-state index contributed by atoms with van der Waals surface area (Å²) in [6.07, 6.45) is 2.17. The van der Waals surface area contributed by atoms with E-state index in [1.807, 2.05) is 0 Å². The Morgan fingerprint density at radius 1 is 1.67 bits per heavy atom. The molecule has 0 aliphatic heterocycles. The van der Waals surface area contributed by atoms with Gasteiger partial charge in [-0.15, -0.1) is 5.06 Å². The summed E-state index contributed by atoms with van der Waals surface area (Å²) in [5.74, 6) is 0.219. The van der Waals surface area contributed by atoms with Crippen molar-refractivity contribution in [1.29, 1.82) is 0 Å². The van der Waals surface area contributed by atoms with Crippen LogP contribution in [0.2, 0.25) is 0 Å². The summed E-state index contributed by atoms with van der Waals surface area (Å²) in [6.45, 7) is 8.33. The third kappa shape index (κ3) is 5.92. The molecule has 3 nitrogen and oxygen atoms in total. The molecule has 0 rings (SSSR count). The maximum absolute atomic E-state index is 10.7. The van der Waals surface area contributed by atoms with E-state index in [2.05, 4.69) is 20.4 Å². The lowest BCUT2D eigenvalue weighted by atomic mass is 10.1. The molecule has 0 fully saturated rings. The smallest absolute Gasteiger partial charge is 0.349 e. The molecule has 12 heavy (non-hydrogen) atoms. The van der Waals surface area contributed by atoms with Crippen molar-refractivity contribution in [2.75, 3.05) is 13.6 Å². The molecule has 0 unspecified atom stereocenters. The first-order valence-corrected chi connectivity index (χ1v) is 4.11. The first kappa shape index (κ1) is 11.2. The van der Waals surface area contributed by atoms with E-state index < -0.39 is 5.97 Å². The third-order valence-corrected chi connectivity index (χ3v) is 1.43. The van der Waals surface area contributed by atoms with Crippen LogP contribution in [-0.2, 0) is 9.63 Å². The lowest BCUT2D eigenvalue weighted by molar-refractivity contribution is -0.177. The van der Waals surface area contributed by atoms with Crippen LogP contribution < -0.4 is 0 Å². The summed E-state index contributed by atoms with van der Waals surface area (Å²) in [7, 11) is 1.74. The average Bonchev–Trinajstić information content (AvgIpc) is 2.00. The summed E-state index contributed by atoms with van der Waals surface area (Å²) < 4.78 is 0. The molecule has 0 saturated heterocycles. The van der Waals surface area contributed by atoms with Crippen molar-refractivity contribution in [2.45, 2.75) is 20.3 Å². The molecule has 0 atom stereocenters. The Balaban J connectivity index is 3.52. The van der Waals surface area contributed by atoms with Gasteiger partial charge in [0.2, 0.25) is 0 Å². The minimum Gasteiger partial charge on any atom is -0.365 e. The molecular formula is C9H17NO2. The number of hydrogen-bond acceptors (Lipinski definition) is 3. The van der Waals surface area contributed by atoms with Crippen molar-refractivity contribution in [3.63, 3.8) is 0 Å². The van der Waals surface area contributed by atoms with E-state index in [1.165, 1.54) is 5.06 Å². The van der Waals surface area contributed by atoms with Crippen molar-refractivity contribution in [3.05, 3.63) is 12.7 Å². The fourth-order valence-electron chi connectivity index (χ4n) is 0.677. The van der Waals surface area contributed by atoms with Crippen molar-refractivity contribution in [2.24, 2.45) is 5.92 Å². The van der Waals surface area contributed by atoms with E-state index in [4.69, 9.17) is 4.84 Å². The van der Waals surface area contributed by atoms with Crippen LogP contribution in [0, 0.1) is 5.92 Å². The van der Waals surface area contributed by atoms with Gasteiger partial charge in [0.25, 0.3) is 0 Å². The molecule has 0 heterocycles. The van der Waals surface area contributed by atoms with Crippen LogP contribution in [-0.4, -0.2) is 24.6 Å². The number of nitrogens with zero attached hydrogens (tertiary/aromatic N) is 1. The molecule has 0 spiro atoms. The highest BCUT2D eigenvalue weighted by atomic mass is 16.7. The van der Waals surface area contributed by atoms with E-state index in [0.29, 0.717) is 5.92 Å². The zero-order chi connectivity index (χ0) is 9.56. The topological polar surface area (TPSA) is 29.5 Å². The SMILES string of the molecule is C=CC(=O)ON(C)CCC(C)C. The summed E-state index contributed by atoms with van der Waals surface area (Å²) in [6, 6.07) is 0. The van der Waals surface area contributed by atoms with Gasteiger partial charge in [-0.25, -0.2) is 4.79 Å². The number of hydroxylamine groups is 2. The van der Waals surface area contributed by atoms with E-state index in [1.54, 1.807) is 7.05 Å². The summed E-state index contributed by atoms with van der Waals surface area (Å²) >= 11 is 0. The highest BCUT2D eigenvalue weighted by Gasteiger charge is 2.03. The first-order valence-electron chi connectivity index (χ1n) is 4.11. The zero-order valence-corrected chi connectivity index (χ0v) is 8.04. The van der Waals surface area contributed by atoms with Gasteiger partial charge in [-0.05, 0) is 12.3 Å². The molecule has 0 bridgehead atoms. The molecular weight excluding hydrogens is 154 g/mol.